The van der Waals surface area contributed by atoms with E-state index in [1.165, 1.54) is 21.8 Å². The van der Waals surface area contributed by atoms with E-state index < -0.39 is 0 Å². The molecule has 0 aliphatic heterocycles. The predicted molar refractivity (Wildman–Crippen MR) is 158 cm³/mol. The fraction of sp³-hybridized carbons (Fsp3) is 0.0714. The SMILES string of the molecule is Cc1[nH]n(-c2cccc(Cl)c2)c(=O)c1C=Nc1ccc(Cl)c(N=Cc2c(C)[nH]n(-c3cccc(Cl)c3)c2=O)c1. The van der Waals surface area contributed by atoms with Crippen molar-refractivity contribution >= 4 is 58.6 Å². The number of aryl methyl sites for hydroxylation is 2. The second kappa shape index (κ2) is 10.9. The Balaban J connectivity index is 1.43. The highest BCUT2D eigenvalue weighted by Gasteiger charge is 2.13. The van der Waals surface area contributed by atoms with Crippen LogP contribution in [0.4, 0.5) is 11.4 Å². The Kier molecular flexibility index (Phi) is 7.43. The van der Waals surface area contributed by atoms with Crippen LogP contribution in [0.2, 0.25) is 15.1 Å². The predicted octanol–water partition coefficient (Wildman–Crippen LogP) is 6.72. The van der Waals surface area contributed by atoms with E-state index in [0.717, 1.165) is 0 Å². The van der Waals surface area contributed by atoms with E-state index in [-0.39, 0.29) is 11.1 Å². The number of benzene rings is 3. The Morgan fingerprint density at radius 1 is 0.692 bits per heavy atom. The first-order chi connectivity index (χ1) is 18.7. The van der Waals surface area contributed by atoms with E-state index in [0.29, 0.717) is 60.3 Å². The van der Waals surface area contributed by atoms with E-state index in [9.17, 15) is 9.59 Å². The normalized spacial score (nSPS) is 11.7. The van der Waals surface area contributed by atoms with Gasteiger partial charge in [-0.3, -0.25) is 29.8 Å². The first-order valence-corrected chi connectivity index (χ1v) is 12.9. The molecule has 0 spiro atoms. The van der Waals surface area contributed by atoms with Crippen molar-refractivity contribution in [2.24, 2.45) is 9.98 Å². The molecule has 0 aliphatic rings. The van der Waals surface area contributed by atoms with Gasteiger partial charge in [0.05, 0.1) is 38.9 Å². The van der Waals surface area contributed by atoms with E-state index in [4.69, 9.17) is 34.8 Å². The molecular weight excluding hydrogens is 559 g/mol. The highest BCUT2D eigenvalue weighted by atomic mass is 35.5. The molecule has 3 aromatic carbocycles. The molecule has 0 saturated carbocycles. The molecule has 0 bridgehead atoms. The summed E-state index contributed by atoms with van der Waals surface area (Å²) >= 11 is 18.5. The summed E-state index contributed by atoms with van der Waals surface area (Å²) in [6.45, 7) is 3.57. The fourth-order valence-electron chi connectivity index (χ4n) is 3.97. The molecule has 0 fully saturated rings. The fourth-order valence-corrected chi connectivity index (χ4v) is 4.51. The van der Waals surface area contributed by atoms with Crippen LogP contribution in [0.25, 0.3) is 11.4 Å². The standard InChI is InChI=1S/C28H21Cl3N6O2/c1-16-23(27(38)36(34-16)21-7-3-5-18(29)11-21)14-32-20-9-10-25(31)26(13-20)33-15-24-17(2)35-37(28(24)39)22-8-4-6-19(30)12-22/h3-15,34-35H,1-2H3. The highest BCUT2D eigenvalue weighted by Crippen LogP contribution is 2.29. The smallest absolute Gasteiger partial charge is 0.280 e. The Labute approximate surface area is 237 Å². The third-order valence-corrected chi connectivity index (χ3v) is 6.76. The maximum absolute atomic E-state index is 13.0. The third kappa shape index (κ3) is 5.54. The van der Waals surface area contributed by atoms with Gasteiger partial charge in [-0.25, -0.2) is 9.36 Å². The first-order valence-electron chi connectivity index (χ1n) is 11.7. The lowest BCUT2D eigenvalue weighted by Crippen LogP contribution is -2.17. The highest BCUT2D eigenvalue weighted by molar-refractivity contribution is 6.33. The third-order valence-electron chi connectivity index (χ3n) is 5.97. The zero-order valence-electron chi connectivity index (χ0n) is 20.7. The summed E-state index contributed by atoms with van der Waals surface area (Å²) < 4.78 is 2.82. The molecule has 0 amide bonds. The summed E-state index contributed by atoms with van der Waals surface area (Å²) in [5.41, 5.74) is 3.71. The van der Waals surface area contributed by atoms with Gasteiger partial charge in [-0.2, -0.15) is 0 Å². The minimum Gasteiger partial charge on any atom is -0.295 e. The lowest BCUT2D eigenvalue weighted by molar-refractivity contribution is 0.835. The van der Waals surface area contributed by atoms with E-state index in [1.54, 1.807) is 80.6 Å². The molecule has 0 atom stereocenters. The van der Waals surface area contributed by atoms with E-state index >= 15 is 0 Å². The van der Waals surface area contributed by atoms with E-state index in [2.05, 4.69) is 20.2 Å². The number of aliphatic imine (C=N–C) groups is 2. The zero-order valence-corrected chi connectivity index (χ0v) is 23.0. The number of hydrogen-bond acceptors (Lipinski definition) is 4. The van der Waals surface area contributed by atoms with Gasteiger partial charge >= 0.3 is 0 Å². The van der Waals surface area contributed by atoms with Gasteiger partial charge < -0.3 is 0 Å². The summed E-state index contributed by atoms with van der Waals surface area (Å²) in [6.07, 6.45) is 2.95. The largest absolute Gasteiger partial charge is 0.295 e. The van der Waals surface area contributed by atoms with Crippen molar-refractivity contribution in [1.82, 2.24) is 19.6 Å². The molecule has 196 valence electrons. The van der Waals surface area contributed by atoms with Crippen LogP contribution in [0.15, 0.2) is 86.3 Å². The number of aromatic amines is 2. The van der Waals surface area contributed by atoms with Crippen LogP contribution < -0.4 is 11.1 Å². The average Bonchev–Trinajstić information content (AvgIpc) is 3.36. The second-order valence-corrected chi connectivity index (χ2v) is 9.97. The Morgan fingerprint density at radius 3 is 1.72 bits per heavy atom. The van der Waals surface area contributed by atoms with Gasteiger partial charge in [-0.15, -0.1) is 0 Å². The van der Waals surface area contributed by atoms with Crippen molar-refractivity contribution in [3.8, 4) is 11.4 Å². The summed E-state index contributed by atoms with van der Waals surface area (Å²) in [5.74, 6) is 0. The van der Waals surface area contributed by atoms with Gasteiger partial charge in [0.1, 0.15) is 0 Å². The second-order valence-electron chi connectivity index (χ2n) is 8.69. The number of nitrogens with one attached hydrogen (secondary N) is 2. The number of hydrogen-bond donors (Lipinski definition) is 2. The maximum atomic E-state index is 13.0. The molecule has 39 heavy (non-hydrogen) atoms. The molecule has 11 heteroatoms. The molecule has 0 radical (unpaired) electrons. The van der Waals surface area contributed by atoms with Gasteiger partial charge in [0.2, 0.25) is 0 Å². The summed E-state index contributed by atoms with van der Waals surface area (Å²) in [4.78, 5) is 34.9. The van der Waals surface area contributed by atoms with Crippen molar-refractivity contribution in [2.45, 2.75) is 13.8 Å². The molecule has 2 aromatic heterocycles. The molecule has 2 N–H and O–H groups in total. The minimum absolute atomic E-state index is 0.260. The van der Waals surface area contributed by atoms with Crippen molar-refractivity contribution in [2.75, 3.05) is 0 Å². The van der Waals surface area contributed by atoms with Crippen LogP contribution in [0.3, 0.4) is 0 Å². The van der Waals surface area contributed by atoms with Crippen LogP contribution in [0.5, 0.6) is 0 Å². The van der Waals surface area contributed by atoms with Gasteiger partial charge in [0.15, 0.2) is 0 Å². The number of halogens is 3. The monoisotopic (exact) mass is 578 g/mol. The van der Waals surface area contributed by atoms with Crippen LogP contribution in [-0.2, 0) is 0 Å². The molecule has 0 saturated heterocycles. The summed E-state index contributed by atoms with van der Waals surface area (Å²) in [5, 5.41) is 7.51. The van der Waals surface area contributed by atoms with Crippen LogP contribution in [0.1, 0.15) is 22.5 Å². The van der Waals surface area contributed by atoms with Gasteiger partial charge in [0.25, 0.3) is 11.1 Å². The Morgan fingerprint density at radius 2 is 1.21 bits per heavy atom. The average molecular weight is 580 g/mol. The molecule has 5 rings (SSSR count). The quantitative estimate of drug-likeness (QED) is 0.218. The number of rotatable bonds is 6. The first kappa shape index (κ1) is 26.5. The summed E-state index contributed by atoms with van der Waals surface area (Å²) in [6, 6.07) is 19.0. The molecule has 5 aromatic rings. The van der Waals surface area contributed by atoms with Crippen molar-refractivity contribution in [1.29, 1.82) is 0 Å². The molecule has 0 aliphatic carbocycles. The van der Waals surface area contributed by atoms with Crippen molar-refractivity contribution in [3.63, 3.8) is 0 Å². The number of nitrogens with zero attached hydrogens (tertiary/aromatic N) is 4. The topological polar surface area (TPSA) is 100 Å². The minimum atomic E-state index is -0.275. The zero-order chi connectivity index (χ0) is 27.7. The Bertz CT molecular complexity index is 1880. The number of aromatic nitrogens is 4. The van der Waals surface area contributed by atoms with Crippen molar-refractivity contribution < 1.29 is 0 Å². The van der Waals surface area contributed by atoms with Gasteiger partial charge in [-0.1, -0.05) is 46.9 Å². The van der Waals surface area contributed by atoms with Crippen molar-refractivity contribution in [3.05, 3.63) is 125 Å². The number of H-pyrrole nitrogens is 2. The van der Waals surface area contributed by atoms with E-state index in [1.807, 2.05) is 0 Å². The molecule has 8 nitrogen and oxygen atoms in total. The maximum Gasteiger partial charge on any atom is 0.280 e. The van der Waals surface area contributed by atoms with Crippen LogP contribution in [0, 0.1) is 13.8 Å². The molecular formula is C28H21Cl3N6O2. The van der Waals surface area contributed by atoms with Gasteiger partial charge in [-0.05, 0) is 68.4 Å². The molecule has 2 heterocycles. The van der Waals surface area contributed by atoms with Crippen LogP contribution >= 0.6 is 34.8 Å². The van der Waals surface area contributed by atoms with Crippen LogP contribution in [-0.4, -0.2) is 32.0 Å². The summed E-state index contributed by atoms with van der Waals surface area (Å²) in [7, 11) is 0. The Hall–Kier alpha value is -4.11. The lowest BCUT2D eigenvalue weighted by atomic mass is 10.2. The molecule has 0 unspecified atom stereocenters. The van der Waals surface area contributed by atoms with Gasteiger partial charge in [0, 0.05) is 33.9 Å². The lowest BCUT2D eigenvalue weighted by Gasteiger charge is -2.01.